The molecule has 1 atom stereocenters. The van der Waals surface area contributed by atoms with E-state index in [1.165, 1.54) is 33.0 Å². The number of benzene rings is 1. The van der Waals surface area contributed by atoms with Gasteiger partial charge in [0.1, 0.15) is 10.7 Å². The Kier molecular flexibility index (Phi) is 5.27. The van der Waals surface area contributed by atoms with Crippen molar-refractivity contribution in [1.29, 1.82) is 0 Å². The van der Waals surface area contributed by atoms with Crippen LogP contribution in [0.2, 0.25) is 5.15 Å². The van der Waals surface area contributed by atoms with E-state index in [0.29, 0.717) is 22.3 Å². The third-order valence-corrected chi connectivity index (χ3v) is 6.36. The molecule has 4 rings (SSSR count). The second-order valence-corrected chi connectivity index (χ2v) is 8.13. The molecule has 1 aromatic carbocycles. The number of thioether (sulfide) groups is 1. The molecule has 0 radical (unpaired) electrons. The molecule has 0 aliphatic carbocycles. The first-order valence-electron chi connectivity index (χ1n) is 9.01. The molecule has 3 heterocycles. The molecule has 0 saturated carbocycles. The van der Waals surface area contributed by atoms with E-state index in [2.05, 4.69) is 4.98 Å². The first-order valence-corrected chi connectivity index (χ1v) is 10.4. The van der Waals surface area contributed by atoms with Crippen molar-refractivity contribution in [3.8, 4) is 17.0 Å². The summed E-state index contributed by atoms with van der Waals surface area (Å²) in [7, 11) is 0. The van der Waals surface area contributed by atoms with Gasteiger partial charge in [0, 0.05) is 11.8 Å². The Morgan fingerprint density at radius 3 is 2.73 bits per heavy atom. The topological polar surface area (TPSA) is 61.8 Å². The summed E-state index contributed by atoms with van der Waals surface area (Å²) >= 11 is 7.29. The number of hydrogen-bond acceptors (Lipinski definition) is 4. The van der Waals surface area contributed by atoms with Gasteiger partial charge in [0.15, 0.2) is 5.37 Å². The standard InChI is InChI=1S/C20H15ClF3N3O2S/c1-2-26-15-10-30-19(12-6-7-14(21)25-9-12)27(15)18(29)16(17(26)28)11-4-3-5-13(8-11)20(22,23)24/h3-9,19H,2,10H2,1H3. The average Bonchev–Trinajstić information content (AvgIpc) is 3.14. The number of fused-ring (bicyclic) bond motifs is 1. The number of aromatic nitrogens is 3. The molecule has 10 heteroatoms. The summed E-state index contributed by atoms with van der Waals surface area (Å²) in [6, 6.07) is 7.63. The molecule has 156 valence electrons. The van der Waals surface area contributed by atoms with Crippen LogP contribution in [-0.4, -0.2) is 9.55 Å². The van der Waals surface area contributed by atoms with Crippen LogP contribution in [0.15, 0.2) is 47.4 Å². The molecule has 5 nitrogen and oxygen atoms in total. The Balaban J connectivity index is 1.96. The lowest BCUT2D eigenvalue weighted by Gasteiger charge is -2.19. The Morgan fingerprint density at radius 2 is 2.10 bits per heavy atom. The van der Waals surface area contributed by atoms with E-state index in [9.17, 15) is 23.1 Å². The van der Waals surface area contributed by atoms with Gasteiger partial charge in [-0.3, -0.25) is 0 Å². The number of hydrogen-bond donors (Lipinski definition) is 0. The van der Waals surface area contributed by atoms with Gasteiger partial charge in [-0.15, -0.1) is 0 Å². The average molecular weight is 454 g/mol. The van der Waals surface area contributed by atoms with Crippen molar-refractivity contribution in [3.05, 3.63) is 75.1 Å². The summed E-state index contributed by atoms with van der Waals surface area (Å²) in [6.07, 6.45) is -3.03. The smallest absolute Gasteiger partial charge is 0.416 e. The lowest BCUT2D eigenvalue weighted by molar-refractivity contribution is -0.711. The minimum atomic E-state index is -4.58. The first-order chi connectivity index (χ1) is 14.2. The normalized spacial score (nSPS) is 16.0. The van der Waals surface area contributed by atoms with Crippen molar-refractivity contribution in [3.63, 3.8) is 0 Å². The predicted molar refractivity (Wildman–Crippen MR) is 105 cm³/mol. The van der Waals surface area contributed by atoms with E-state index >= 15 is 0 Å². The van der Waals surface area contributed by atoms with Gasteiger partial charge in [0.05, 0.1) is 23.7 Å². The predicted octanol–water partition coefficient (Wildman–Crippen LogP) is 3.76. The Hall–Kier alpha value is -2.52. The Bertz CT molecular complexity index is 1180. The molecule has 1 unspecified atom stereocenters. The maximum atomic E-state index is 13.4. The molecule has 2 aromatic heterocycles. The van der Waals surface area contributed by atoms with E-state index in [1.807, 2.05) is 0 Å². The lowest BCUT2D eigenvalue weighted by atomic mass is 10.0. The van der Waals surface area contributed by atoms with Crippen molar-refractivity contribution in [2.45, 2.75) is 30.8 Å². The largest absolute Gasteiger partial charge is 0.842 e. The maximum Gasteiger partial charge on any atom is 0.416 e. The van der Waals surface area contributed by atoms with Crippen LogP contribution in [-0.2, 0) is 18.5 Å². The molecule has 0 saturated heterocycles. The van der Waals surface area contributed by atoms with E-state index in [-0.39, 0.29) is 17.7 Å². The summed E-state index contributed by atoms with van der Waals surface area (Å²) in [5, 5.41) is 12.9. The fourth-order valence-corrected chi connectivity index (χ4v) is 4.94. The van der Waals surface area contributed by atoms with Gasteiger partial charge in [-0.25, -0.2) is 14.3 Å². The lowest BCUT2D eigenvalue weighted by Crippen LogP contribution is -2.55. The van der Waals surface area contributed by atoms with Crippen molar-refractivity contribution >= 4 is 23.4 Å². The van der Waals surface area contributed by atoms with Crippen LogP contribution >= 0.6 is 23.4 Å². The van der Waals surface area contributed by atoms with Crippen LogP contribution in [0.4, 0.5) is 13.2 Å². The van der Waals surface area contributed by atoms with E-state index < -0.39 is 28.6 Å². The fraction of sp³-hybridized carbons (Fsp3) is 0.250. The second-order valence-electron chi connectivity index (χ2n) is 6.67. The number of halogens is 4. The highest BCUT2D eigenvalue weighted by Crippen LogP contribution is 2.37. The summed E-state index contributed by atoms with van der Waals surface area (Å²) in [6.45, 7) is 2.04. The summed E-state index contributed by atoms with van der Waals surface area (Å²) in [4.78, 5) is 17.4. The SMILES string of the molecule is CCn1c([O-])c(-c2cccc(C(F)(F)F)c2)c(=O)[n+]2c1CSC2c1ccc(Cl)nc1. The van der Waals surface area contributed by atoms with Crippen LogP contribution in [0, 0.1) is 0 Å². The molecule has 0 N–H and O–H groups in total. The zero-order chi connectivity index (χ0) is 21.6. The van der Waals surface area contributed by atoms with E-state index in [4.69, 9.17) is 11.6 Å². The molecule has 0 amide bonds. The molecule has 0 bridgehead atoms. The van der Waals surface area contributed by atoms with Gasteiger partial charge in [0.25, 0.3) is 5.82 Å². The van der Waals surface area contributed by atoms with Crippen LogP contribution in [0.25, 0.3) is 11.1 Å². The molecule has 3 aromatic rings. The van der Waals surface area contributed by atoms with Gasteiger partial charge < -0.3 is 5.11 Å². The highest BCUT2D eigenvalue weighted by atomic mass is 35.5. The zero-order valence-corrected chi connectivity index (χ0v) is 17.2. The van der Waals surface area contributed by atoms with Crippen molar-refractivity contribution in [2.75, 3.05) is 0 Å². The molecular weight excluding hydrogens is 439 g/mol. The number of nitrogens with zero attached hydrogens (tertiary/aromatic N) is 3. The van der Waals surface area contributed by atoms with Crippen molar-refractivity contribution < 1.29 is 22.8 Å². The van der Waals surface area contributed by atoms with Gasteiger partial charge >= 0.3 is 11.7 Å². The van der Waals surface area contributed by atoms with Crippen molar-refractivity contribution in [1.82, 2.24) is 9.55 Å². The van der Waals surface area contributed by atoms with Crippen LogP contribution < -0.4 is 15.2 Å². The molecule has 1 aliphatic heterocycles. The molecule has 0 fully saturated rings. The summed E-state index contributed by atoms with van der Waals surface area (Å²) in [5.41, 5.74) is -1.16. The Morgan fingerprint density at radius 1 is 1.33 bits per heavy atom. The zero-order valence-electron chi connectivity index (χ0n) is 15.6. The van der Waals surface area contributed by atoms with Crippen LogP contribution in [0.3, 0.4) is 0 Å². The molecule has 1 aliphatic rings. The highest BCUT2D eigenvalue weighted by Gasteiger charge is 2.38. The maximum absolute atomic E-state index is 13.4. The fourth-order valence-electron chi connectivity index (χ4n) is 3.53. The third kappa shape index (κ3) is 3.45. The van der Waals surface area contributed by atoms with Gasteiger partial charge in [-0.2, -0.15) is 17.7 Å². The molecule has 30 heavy (non-hydrogen) atoms. The third-order valence-electron chi connectivity index (χ3n) is 4.92. The molecular formula is C20H15ClF3N3O2S. The first kappa shape index (κ1) is 20.7. The minimum Gasteiger partial charge on any atom is -0.842 e. The van der Waals surface area contributed by atoms with Gasteiger partial charge in [0.2, 0.25) is 0 Å². The van der Waals surface area contributed by atoms with Gasteiger partial charge in [-0.1, -0.05) is 35.5 Å². The number of alkyl halides is 3. The quantitative estimate of drug-likeness (QED) is 0.447. The van der Waals surface area contributed by atoms with Gasteiger partial charge in [-0.05, 0) is 36.8 Å². The second kappa shape index (κ2) is 7.63. The monoisotopic (exact) mass is 453 g/mol. The van der Waals surface area contributed by atoms with Crippen LogP contribution in [0.5, 0.6) is 5.88 Å². The molecule has 0 spiro atoms. The van der Waals surface area contributed by atoms with Crippen molar-refractivity contribution in [2.24, 2.45) is 0 Å². The van der Waals surface area contributed by atoms with Crippen LogP contribution in [0.1, 0.15) is 29.2 Å². The Labute approximate surface area is 178 Å². The summed E-state index contributed by atoms with van der Waals surface area (Å²) in [5.74, 6) is 0.339. The van der Waals surface area contributed by atoms with E-state index in [0.717, 1.165) is 12.1 Å². The van der Waals surface area contributed by atoms with E-state index in [1.54, 1.807) is 25.3 Å². The number of rotatable bonds is 3. The number of pyridine rings is 1. The highest BCUT2D eigenvalue weighted by molar-refractivity contribution is 7.98. The summed E-state index contributed by atoms with van der Waals surface area (Å²) < 4.78 is 42.4. The minimum absolute atomic E-state index is 0.0535.